The Hall–Kier alpha value is -1.71. The molecule has 0 spiro atoms. The maximum absolute atomic E-state index is 10.3. The van der Waals surface area contributed by atoms with Crippen LogP contribution in [0, 0.1) is 35.5 Å². The molecule has 0 unspecified atom stereocenters. The zero-order chi connectivity index (χ0) is 26.6. The summed E-state index contributed by atoms with van der Waals surface area (Å²) in [4.78, 5) is 30.9. The summed E-state index contributed by atoms with van der Waals surface area (Å²) in [6, 6.07) is 0. The van der Waals surface area contributed by atoms with Crippen LogP contribution in [0.1, 0.15) is 80.1 Å². The van der Waals surface area contributed by atoms with Crippen molar-refractivity contribution in [3.8, 4) is 0 Å². The molecule has 0 fully saturated rings. The quantitative estimate of drug-likeness (QED) is 0.205. The number of carboxylic acid groups (broad SMARTS) is 3. The molecule has 0 aromatic carbocycles. The minimum Gasteiger partial charge on any atom is -0.481 e. The van der Waals surface area contributed by atoms with Gasteiger partial charge in [0.2, 0.25) is 0 Å². The van der Waals surface area contributed by atoms with Crippen molar-refractivity contribution in [3.05, 3.63) is 0 Å². The first-order valence-corrected chi connectivity index (χ1v) is 11.9. The summed E-state index contributed by atoms with van der Waals surface area (Å²) in [7, 11) is 0. The van der Waals surface area contributed by atoms with Crippen LogP contribution in [0.5, 0.6) is 0 Å². The van der Waals surface area contributed by atoms with Crippen LogP contribution in [0.2, 0.25) is 0 Å². The fourth-order valence-corrected chi connectivity index (χ4v) is 3.53. The summed E-state index contributed by atoms with van der Waals surface area (Å²) in [5.41, 5.74) is 16.2. The van der Waals surface area contributed by atoms with Crippen molar-refractivity contribution < 1.29 is 29.7 Å². The fourth-order valence-electron chi connectivity index (χ4n) is 3.53. The minimum absolute atomic E-state index is 0.146. The molecule has 9 heteroatoms. The van der Waals surface area contributed by atoms with E-state index in [0.717, 1.165) is 19.3 Å². The molecule has 0 saturated heterocycles. The fraction of sp³-hybridized carbons (Fsp3) is 0.875. The first-order valence-electron chi connectivity index (χ1n) is 11.9. The zero-order valence-corrected chi connectivity index (χ0v) is 21.6. The second-order valence-corrected chi connectivity index (χ2v) is 9.99. The maximum atomic E-state index is 10.3. The third kappa shape index (κ3) is 30.3. The van der Waals surface area contributed by atoms with E-state index in [4.69, 9.17) is 32.5 Å². The van der Waals surface area contributed by atoms with Gasteiger partial charge in [0.1, 0.15) is 0 Å². The highest BCUT2D eigenvalue weighted by Gasteiger charge is 2.14. The summed E-state index contributed by atoms with van der Waals surface area (Å²) in [5.74, 6) is -0.218. The second-order valence-electron chi connectivity index (χ2n) is 9.99. The number of hydrogen-bond acceptors (Lipinski definition) is 6. The van der Waals surface area contributed by atoms with Gasteiger partial charge in [-0.05, 0) is 74.4 Å². The minimum atomic E-state index is -0.749. The third-order valence-electron chi connectivity index (χ3n) is 4.80. The standard InChI is InChI=1S/3C8H17NO2/c3*1-6(2)3-7(5-9)4-8(10)11/h3*6-7H,3-5,9H2,1-2H3,(H,10,11)/t3*7-/m000/s1. The normalized spacial score (nSPS) is 13.5. The molecule has 0 aliphatic carbocycles. The molecule has 0 aromatic heterocycles. The first kappa shape index (κ1) is 35.9. The van der Waals surface area contributed by atoms with Crippen LogP contribution in [-0.4, -0.2) is 52.9 Å². The molecule has 9 nitrogen and oxygen atoms in total. The lowest BCUT2D eigenvalue weighted by molar-refractivity contribution is -0.139. The van der Waals surface area contributed by atoms with Gasteiger partial charge in [0.15, 0.2) is 0 Å². The van der Waals surface area contributed by atoms with Gasteiger partial charge in [0, 0.05) is 19.3 Å². The molecule has 0 aromatic rings. The van der Waals surface area contributed by atoms with E-state index in [1.807, 2.05) is 0 Å². The van der Waals surface area contributed by atoms with Gasteiger partial charge in [0.25, 0.3) is 0 Å². The Morgan fingerprint density at radius 1 is 0.515 bits per heavy atom. The van der Waals surface area contributed by atoms with Crippen molar-refractivity contribution >= 4 is 17.9 Å². The highest BCUT2D eigenvalue weighted by atomic mass is 16.4. The highest BCUT2D eigenvalue weighted by Crippen LogP contribution is 2.15. The highest BCUT2D eigenvalue weighted by molar-refractivity contribution is 5.67. The maximum Gasteiger partial charge on any atom is 0.303 e. The number of nitrogens with two attached hydrogens (primary N) is 3. The first-order chi connectivity index (χ1) is 15.2. The lowest BCUT2D eigenvalue weighted by atomic mass is 9.94. The van der Waals surface area contributed by atoms with E-state index in [1.165, 1.54) is 0 Å². The van der Waals surface area contributed by atoms with Crippen LogP contribution in [-0.2, 0) is 14.4 Å². The molecule has 0 heterocycles. The molecular weight excluding hydrogens is 426 g/mol. The summed E-state index contributed by atoms with van der Waals surface area (Å²) in [6.07, 6.45) is 3.33. The average Bonchev–Trinajstić information content (AvgIpc) is 2.65. The van der Waals surface area contributed by atoms with E-state index in [2.05, 4.69) is 41.5 Å². The van der Waals surface area contributed by atoms with Gasteiger partial charge in [-0.25, -0.2) is 0 Å². The third-order valence-corrected chi connectivity index (χ3v) is 4.80. The monoisotopic (exact) mass is 477 g/mol. The second kappa shape index (κ2) is 22.1. The van der Waals surface area contributed by atoms with Gasteiger partial charge < -0.3 is 32.5 Å². The van der Waals surface area contributed by atoms with Crippen LogP contribution >= 0.6 is 0 Å². The molecule has 0 aliphatic heterocycles. The van der Waals surface area contributed by atoms with E-state index in [9.17, 15) is 14.4 Å². The van der Waals surface area contributed by atoms with Crippen LogP contribution in [0.3, 0.4) is 0 Å². The van der Waals surface area contributed by atoms with Gasteiger partial charge in [-0.1, -0.05) is 41.5 Å². The van der Waals surface area contributed by atoms with Crippen LogP contribution in [0.4, 0.5) is 0 Å². The Balaban J connectivity index is -0.000000409. The van der Waals surface area contributed by atoms with Crippen LogP contribution in [0.25, 0.3) is 0 Å². The lowest BCUT2D eigenvalue weighted by Crippen LogP contribution is -2.19. The number of hydrogen-bond donors (Lipinski definition) is 6. The zero-order valence-electron chi connectivity index (χ0n) is 21.6. The molecule has 9 N–H and O–H groups in total. The Morgan fingerprint density at radius 2 is 0.697 bits per heavy atom. The molecule has 0 aliphatic rings. The number of carboxylic acids is 3. The van der Waals surface area contributed by atoms with Crippen molar-refractivity contribution in [2.75, 3.05) is 19.6 Å². The molecular formula is C24H51N3O6. The van der Waals surface area contributed by atoms with Gasteiger partial charge in [0.05, 0.1) is 0 Å². The van der Waals surface area contributed by atoms with Gasteiger partial charge >= 0.3 is 17.9 Å². The van der Waals surface area contributed by atoms with Crippen LogP contribution < -0.4 is 17.2 Å². The van der Waals surface area contributed by atoms with Crippen molar-refractivity contribution in [2.45, 2.75) is 80.1 Å². The number of aliphatic carboxylic acids is 3. The Morgan fingerprint density at radius 3 is 0.788 bits per heavy atom. The topological polar surface area (TPSA) is 190 Å². The summed E-state index contributed by atoms with van der Waals surface area (Å²) in [5, 5.41) is 25.4. The molecule has 3 atom stereocenters. The molecule has 0 rings (SSSR count). The van der Waals surface area contributed by atoms with Crippen molar-refractivity contribution in [3.63, 3.8) is 0 Å². The Labute approximate surface area is 200 Å². The van der Waals surface area contributed by atoms with Crippen molar-refractivity contribution in [2.24, 2.45) is 52.7 Å². The van der Waals surface area contributed by atoms with E-state index in [1.54, 1.807) is 0 Å². The summed E-state index contributed by atoms with van der Waals surface area (Å²) in [6.45, 7) is 13.9. The predicted molar refractivity (Wildman–Crippen MR) is 133 cm³/mol. The van der Waals surface area contributed by atoms with E-state index < -0.39 is 17.9 Å². The van der Waals surface area contributed by atoms with Crippen molar-refractivity contribution in [1.29, 1.82) is 0 Å². The van der Waals surface area contributed by atoms with E-state index in [-0.39, 0.29) is 37.0 Å². The molecule has 0 saturated carbocycles. The van der Waals surface area contributed by atoms with E-state index in [0.29, 0.717) is 37.4 Å². The van der Waals surface area contributed by atoms with Gasteiger partial charge in [-0.15, -0.1) is 0 Å². The molecule has 198 valence electrons. The smallest absolute Gasteiger partial charge is 0.303 e. The predicted octanol–water partition coefficient (Wildman–Crippen LogP) is 3.25. The summed E-state index contributed by atoms with van der Waals surface area (Å²) >= 11 is 0. The molecule has 33 heavy (non-hydrogen) atoms. The average molecular weight is 478 g/mol. The number of rotatable bonds is 15. The Bertz CT molecular complexity index is 441. The van der Waals surface area contributed by atoms with Gasteiger partial charge in [-0.3, -0.25) is 14.4 Å². The number of carbonyl (C=O) groups is 3. The Kier molecular flexibility index (Phi) is 24.0. The van der Waals surface area contributed by atoms with E-state index >= 15 is 0 Å². The lowest BCUT2D eigenvalue weighted by Gasteiger charge is -2.13. The molecule has 0 radical (unpaired) electrons. The SMILES string of the molecule is CC(C)C[C@H](CN)CC(=O)O.CC(C)C[C@H](CN)CC(=O)O.CC(C)C[C@H](CN)CC(=O)O. The van der Waals surface area contributed by atoms with Crippen LogP contribution in [0.15, 0.2) is 0 Å². The van der Waals surface area contributed by atoms with Crippen molar-refractivity contribution in [1.82, 2.24) is 0 Å². The van der Waals surface area contributed by atoms with Gasteiger partial charge in [-0.2, -0.15) is 0 Å². The molecule has 0 amide bonds. The largest absolute Gasteiger partial charge is 0.481 e. The summed E-state index contributed by atoms with van der Waals surface area (Å²) < 4.78 is 0. The molecule has 0 bridgehead atoms.